The van der Waals surface area contributed by atoms with Crippen LogP contribution in [0.25, 0.3) is 0 Å². The van der Waals surface area contributed by atoms with Gasteiger partial charge in [0.05, 0.1) is 10.6 Å². The van der Waals surface area contributed by atoms with Gasteiger partial charge < -0.3 is 10.2 Å². The van der Waals surface area contributed by atoms with Crippen molar-refractivity contribution in [3.8, 4) is 0 Å². The van der Waals surface area contributed by atoms with Crippen LogP contribution in [-0.4, -0.2) is 45.2 Å². The van der Waals surface area contributed by atoms with E-state index < -0.39 is 9.84 Å². The van der Waals surface area contributed by atoms with E-state index in [-0.39, 0.29) is 5.75 Å². The van der Waals surface area contributed by atoms with Gasteiger partial charge in [-0.15, -0.1) is 0 Å². The molecule has 1 rings (SSSR count). The largest absolute Gasteiger partial charge is 0.385 e. The van der Waals surface area contributed by atoms with Gasteiger partial charge >= 0.3 is 0 Å². The zero-order valence-corrected chi connectivity index (χ0v) is 14.4. The maximum absolute atomic E-state index is 11.9. The summed E-state index contributed by atoms with van der Waals surface area (Å²) in [7, 11) is -0.984. The molecular weight excluding hydrogens is 284 g/mol. The number of sulfone groups is 1. The summed E-state index contributed by atoms with van der Waals surface area (Å²) in [6.45, 7) is 8.18. The molecule has 1 aromatic rings. The summed E-state index contributed by atoms with van der Waals surface area (Å²) in [6, 6.07) is 7.62. The maximum atomic E-state index is 11.9. The molecule has 0 amide bonds. The first-order valence-corrected chi connectivity index (χ1v) is 9.29. The van der Waals surface area contributed by atoms with Crippen LogP contribution in [0.4, 0.5) is 5.69 Å². The number of nitrogens with zero attached hydrogens (tertiary/aromatic N) is 1. The Morgan fingerprint density at radius 2 is 1.81 bits per heavy atom. The average Bonchev–Trinajstić information content (AvgIpc) is 2.43. The Labute approximate surface area is 129 Å². The van der Waals surface area contributed by atoms with Crippen molar-refractivity contribution >= 4 is 15.5 Å². The molecule has 0 radical (unpaired) electrons. The third-order valence-electron chi connectivity index (χ3n) is 3.58. The molecule has 4 nitrogen and oxygen atoms in total. The Bertz CT molecular complexity index is 510. The van der Waals surface area contributed by atoms with Crippen LogP contribution in [0, 0.1) is 0 Å². The van der Waals surface area contributed by atoms with Crippen LogP contribution in [0.5, 0.6) is 0 Å². The van der Waals surface area contributed by atoms with Gasteiger partial charge in [-0.05, 0) is 64.5 Å². The number of hydrogen-bond acceptors (Lipinski definition) is 4. The fraction of sp³-hybridized carbons (Fsp3) is 0.625. The Morgan fingerprint density at radius 1 is 1.19 bits per heavy atom. The molecule has 0 fully saturated rings. The highest BCUT2D eigenvalue weighted by atomic mass is 32.2. The van der Waals surface area contributed by atoms with E-state index in [0.717, 1.165) is 25.2 Å². The van der Waals surface area contributed by atoms with Gasteiger partial charge in [0.15, 0.2) is 9.84 Å². The highest BCUT2D eigenvalue weighted by Gasteiger charge is 2.12. The standard InChI is InChI=1S/C16H28N2O2S/c1-5-13-21(19,20)16-9-7-15(8-10-16)17-11-6-12-18(4)14(2)3/h7-10,14,17H,5-6,11-13H2,1-4H3. The average molecular weight is 312 g/mol. The number of hydrogen-bond donors (Lipinski definition) is 1. The Morgan fingerprint density at radius 3 is 2.33 bits per heavy atom. The van der Waals surface area contributed by atoms with E-state index in [0.29, 0.717) is 17.4 Å². The Hall–Kier alpha value is -1.07. The molecule has 0 aromatic heterocycles. The number of rotatable bonds is 9. The fourth-order valence-corrected chi connectivity index (χ4v) is 3.31. The van der Waals surface area contributed by atoms with Crippen LogP contribution < -0.4 is 5.32 Å². The second-order valence-corrected chi connectivity index (χ2v) is 7.81. The summed E-state index contributed by atoms with van der Waals surface area (Å²) in [5.41, 5.74) is 0.970. The van der Waals surface area contributed by atoms with Crippen molar-refractivity contribution in [2.75, 3.05) is 31.2 Å². The molecule has 0 heterocycles. The van der Waals surface area contributed by atoms with Gasteiger partial charge in [0, 0.05) is 18.3 Å². The van der Waals surface area contributed by atoms with Crippen molar-refractivity contribution in [3.63, 3.8) is 0 Å². The molecule has 0 aliphatic rings. The van der Waals surface area contributed by atoms with E-state index >= 15 is 0 Å². The highest BCUT2D eigenvalue weighted by Crippen LogP contribution is 2.16. The Kier molecular flexibility index (Phi) is 7.18. The van der Waals surface area contributed by atoms with E-state index in [4.69, 9.17) is 0 Å². The molecule has 0 aliphatic carbocycles. The third kappa shape index (κ3) is 6.06. The number of anilines is 1. The second-order valence-electron chi connectivity index (χ2n) is 5.70. The smallest absolute Gasteiger partial charge is 0.178 e. The molecule has 0 saturated heterocycles. The van der Waals surface area contributed by atoms with Crippen LogP contribution in [0.3, 0.4) is 0 Å². The van der Waals surface area contributed by atoms with Crippen molar-refractivity contribution in [1.29, 1.82) is 0 Å². The second kappa shape index (κ2) is 8.39. The quantitative estimate of drug-likeness (QED) is 0.712. The molecule has 5 heteroatoms. The predicted molar refractivity (Wildman–Crippen MR) is 89.7 cm³/mol. The van der Waals surface area contributed by atoms with E-state index in [1.54, 1.807) is 12.1 Å². The SMILES string of the molecule is CCCS(=O)(=O)c1ccc(NCCCN(C)C(C)C)cc1. The number of benzene rings is 1. The lowest BCUT2D eigenvalue weighted by atomic mass is 10.3. The van der Waals surface area contributed by atoms with Crippen LogP contribution in [-0.2, 0) is 9.84 Å². The minimum Gasteiger partial charge on any atom is -0.385 e. The molecule has 0 saturated carbocycles. The molecule has 0 bridgehead atoms. The van der Waals surface area contributed by atoms with Crippen LogP contribution >= 0.6 is 0 Å². The first-order valence-electron chi connectivity index (χ1n) is 7.63. The van der Waals surface area contributed by atoms with Crippen LogP contribution in [0.2, 0.25) is 0 Å². The lowest BCUT2D eigenvalue weighted by molar-refractivity contribution is 0.273. The molecule has 21 heavy (non-hydrogen) atoms. The topological polar surface area (TPSA) is 49.4 Å². The lowest BCUT2D eigenvalue weighted by Gasteiger charge is -2.20. The van der Waals surface area contributed by atoms with Crippen molar-refractivity contribution in [3.05, 3.63) is 24.3 Å². The summed E-state index contributed by atoms with van der Waals surface area (Å²) in [4.78, 5) is 2.72. The summed E-state index contributed by atoms with van der Waals surface area (Å²) >= 11 is 0. The van der Waals surface area contributed by atoms with Gasteiger partial charge in [-0.1, -0.05) is 6.92 Å². The summed E-state index contributed by atoms with van der Waals surface area (Å²) in [5.74, 6) is 0.210. The monoisotopic (exact) mass is 312 g/mol. The van der Waals surface area contributed by atoms with E-state index in [1.807, 2.05) is 19.1 Å². The van der Waals surface area contributed by atoms with Crippen molar-refractivity contribution in [1.82, 2.24) is 4.90 Å². The van der Waals surface area contributed by atoms with Crippen molar-refractivity contribution in [2.24, 2.45) is 0 Å². The van der Waals surface area contributed by atoms with Gasteiger partial charge in [-0.25, -0.2) is 8.42 Å². The normalized spacial score (nSPS) is 12.1. The fourth-order valence-electron chi connectivity index (χ4n) is 1.99. The van der Waals surface area contributed by atoms with E-state index in [1.165, 1.54) is 0 Å². The third-order valence-corrected chi connectivity index (χ3v) is 5.52. The van der Waals surface area contributed by atoms with Gasteiger partial charge in [-0.3, -0.25) is 0 Å². The molecule has 0 unspecified atom stereocenters. The molecule has 1 aromatic carbocycles. The first-order chi connectivity index (χ1) is 9.86. The zero-order chi connectivity index (χ0) is 15.9. The van der Waals surface area contributed by atoms with Crippen molar-refractivity contribution in [2.45, 2.75) is 44.6 Å². The minimum atomic E-state index is -3.11. The Balaban J connectivity index is 2.45. The molecular formula is C16H28N2O2S. The zero-order valence-electron chi connectivity index (χ0n) is 13.6. The maximum Gasteiger partial charge on any atom is 0.178 e. The predicted octanol–water partition coefficient (Wildman–Crippen LogP) is 3.01. The van der Waals surface area contributed by atoms with Gasteiger partial charge in [0.25, 0.3) is 0 Å². The molecule has 120 valence electrons. The van der Waals surface area contributed by atoms with Gasteiger partial charge in [0.2, 0.25) is 0 Å². The highest BCUT2D eigenvalue weighted by molar-refractivity contribution is 7.91. The summed E-state index contributed by atoms with van der Waals surface area (Å²) in [5, 5.41) is 3.33. The number of nitrogens with one attached hydrogen (secondary N) is 1. The van der Waals surface area contributed by atoms with E-state index in [9.17, 15) is 8.42 Å². The first kappa shape index (κ1) is 18.0. The summed E-state index contributed by atoms with van der Waals surface area (Å²) in [6.07, 6.45) is 1.70. The summed E-state index contributed by atoms with van der Waals surface area (Å²) < 4.78 is 23.8. The van der Waals surface area contributed by atoms with Crippen molar-refractivity contribution < 1.29 is 8.42 Å². The van der Waals surface area contributed by atoms with Crippen LogP contribution in [0.1, 0.15) is 33.6 Å². The molecule has 0 spiro atoms. The van der Waals surface area contributed by atoms with Gasteiger partial charge in [0.1, 0.15) is 0 Å². The van der Waals surface area contributed by atoms with E-state index in [2.05, 4.69) is 31.1 Å². The molecule has 0 atom stereocenters. The lowest BCUT2D eigenvalue weighted by Crippen LogP contribution is -2.28. The molecule has 0 aliphatic heterocycles. The minimum absolute atomic E-state index is 0.210. The molecule has 1 N–H and O–H groups in total. The van der Waals surface area contributed by atoms with Crippen LogP contribution in [0.15, 0.2) is 29.2 Å². The van der Waals surface area contributed by atoms with Gasteiger partial charge in [-0.2, -0.15) is 0 Å².